The van der Waals surface area contributed by atoms with Gasteiger partial charge in [-0.1, -0.05) is 17.7 Å². The standard InChI is InChI=1S/C15H22ClN3O2/c1-12-13(16)4-2-5-14(12)18-15(20)17-6-3-7-19-8-10-21-11-9-19/h2,4-5H,3,6-11H2,1H3,(H2,17,18,20). The lowest BCUT2D eigenvalue weighted by molar-refractivity contribution is 0.0375. The largest absolute Gasteiger partial charge is 0.379 e. The van der Waals surface area contributed by atoms with Crippen LogP contribution in [-0.4, -0.2) is 50.3 Å². The van der Waals surface area contributed by atoms with Crippen molar-refractivity contribution in [1.82, 2.24) is 10.2 Å². The first-order chi connectivity index (χ1) is 10.2. The minimum absolute atomic E-state index is 0.192. The first kappa shape index (κ1) is 16.1. The summed E-state index contributed by atoms with van der Waals surface area (Å²) in [7, 11) is 0. The maximum Gasteiger partial charge on any atom is 0.319 e. The van der Waals surface area contributed by atoms with Crippen molar-refractivity contribution in [3.63, 3.8) is 0 Å². The lowest BCUT2D eigenvalue weighted by Gasteiger charge is -2.26. The van der Waals surface area contributed by atoms with Crippen molar-refractivity contribution in [2.75, 3.05) is 44.7 Å². The molecule has 2 N–H and O–H groups in total. The molecule has 0 atom stereocenters. The third-order valence-corrected chi connectivity index (χ3v) is 3.97. The van der Waals surface area contributed by atoms with Gasteiger partial charge in [-0.3, -0.25) is 4.90 Å². The molecular weight excluding hydrogens is 290 g/mol. The first-order valence-electron chi connectivity index (χ1n) is 7.27. The molecule has 6 heteroatoms. The molecule has 1 fully saturated rings. The van der Waals surface area contributed by atoms with Gasteiger partial charge in [-0.05, 0) is 37.6 Å². The van der Waals surface area contributed by atoms with Crippen molar-refractivity contribution in [1.29, 1.82) is 0 Å². The van der Waals surface area contributed by atoms with Gasteiger partial charge in [0.05, 0.1) is 13.2 Å². The van der Waals surface area contributed by atoms with Crippen LogP contribution >= 0.6 is 11.6 Å². The average molecular weight is 312 g/mol. The number of nitrogens with zero attached hydrogens (tertiary/aromatic N) is 1. The number of nitrogens with one attached hydrogen (secondary N) is 2. The number of amides is 2. The molecule has 1 saturated heterocycles. The van der Waals surface area contributed by atoms with Crippen molar-refractivity contribution < 1.29 is 9.53 Å². The number of anilines is 1. The molecule has 2 rings (SSSR count). The second-order valence-corrected chi connectivity index (χ2v) is 5.51. The molecule has 0 saturated carbocycles. The van der Waals surface area contributed by atoms with Crippen LogP contribution in [0.4, 0.5) is 10.5 Å². The quantitative estimate of drug-likeness (QED) is 0.822. The van der Waals surface area contributed by atoms with E-state index in [0.29, 0.717) is 11.6 Å². The summed E-state index contributed by atoms with van der Waals surface area (Å²) < 4.78 is 5.30. The predicted octanol–water partition coefficient (Wildman–Crippen LogP) is 2.49. The van der Waals surface area contributed by atoms with E-state index in [1.165, 1.54) is 0 Å². The maximum atomic E-state index is 11.8. The van der Waals surface area contributed by atoms with Gasteiger partial charge in [-0.25, -0.2) is 4.79 Å². The van der Waals surface area contributed by atoms with Crippen LogP contribution in [-0.2, 0) is 4.74 Å². The van der Waals surface area contributed by atoms with Gasteiger partial charge in [-0.2, -0.15) is 0 Å². The number of morpholine rings is 1. The first-order valence-corrected chi connectivity index (χ1v) is 7.64. The molecule has 1 heterocycles. The highest BCUT2D eigenvalue weighted by Crippen LogP contribution is 2.22. The Morgan fingerprint density at radius 3 is 2.90 bits per heavy atom. The molecule has 0 unspecified atom stereocenters. The predicted molar refractivity (Wildman–Crippen MR) is 85.1 cm³/mol. The topological polar surface area (TPSA) is 53.6 Å². The van der Waals surface area contributed by atoms with Crippen molar-refractivity contribution in [2.45, 2.75) is 13.3 Å². The summed E-state index contributed by atoms with van der Waals surface area (Å²) in [6.07, 6.45) is 0.932. The number of carbonyl (C=O) groups excluding carboxylic acids is 1. The number of urea groups is 1. The molecule has 0 bridgehead atoms. The summed E-state index contributed by atoms with van der Waals surface area (Å²) in [6, 6.07) is 5.28. The smallest absolute Gasteiger partial charge is 0.319 e. The van der Waals surface area contributed by atoms with E-state index >= 15 is 0 Å². The lowest BCUT2D eigenvalue weighted by Crippen LogP contribution is -2.38. The lowest BCUT2D eigenvalue weighted by atomic mass is 10.2. The molecule has 0 spiro atoms. The third-order valence-electron chi connectivity index (χ3n) is 3.56. The van der Waals surface area contributed by atoms with Crippen LogP contribution < -0.4 is 10.6 Å². The molecule has 116 valence electrons. The number of rotatable bonds is 5. The highest BCUT2D eigenvalue weighted by molar-refractivity contribution is 6.31. The number of hydrogen-bond acceptors (Lipinski definition) is 3. The summed E-state index contributed by atoms with van der Waals surface area (Å²) in [6.45, 7) is 7.10. The maximum absolute atomic E-state index is 11.8. The second-order valence-electron chi connectivity index (χ2n) is 5.10. The van der Waals surface area contributed by atoms with Crippen LogP contribution in [0.5, 0.6) is 0 Å². The normalized spacial score (nSPS) is 15.7. The summed E-state index contributed by atoms with van der Waals surface area (Å²) in [5, 5.41) is 6.34. The number of hydrogen-bond donors (Lipinski definition) is 2. The Morgan fingerprint density at radius 2 is 2.14 bits per heavy atom. The van der Waals surface area contributed by atoms with E-state index in [1.807, 2.05) is 25.1 Å². The van der Waals surface area contributed by atoms with Gasteiger partial charge in [0.15, 0.2) is 0 Å². The highest BCUT2D eigenvalue weighted by atomic mass is 35.5. The highest BCUT2D eigenvalue weighted by Gasteiger charge is 2.10. The van der Waals surface area contributed by atoms with E-state index in [9.17, 15) is 4.79 Å². The fourth-order valence-electron chi connectivity index (χ4n) is 2.24. The number of ether oxygens (including phenoxy) is 1. The Bertz CT molecular complexity index is 476. The molecule has 0 aromatic heterocycles. The summed E-state index contributed by atoms with van der Waals surface area (Å²) >= 11 is 6.02. The average Bonchev–Trinajstić information content (AvgIpc) is 2.49. The van der Waals surface area contributed by atoms with Crippen LogP contribution in [0.15, 0.2) is 18.2 Å². The van der Waals surface area contributed by atoms with Crippen LogP contribution in [0, 0.1) is 6.92 Å². The van der Waals surface area contributed by atoms with E-state index in [1.54, 1.807) is 0 Å². The molecule has 2 amide bonds. The van der Waals surface area contributed by atoms with Crippen LogP contribution in [0.3, 0.4) is 0 Å². The zero-order chi connectivity index (χ0) is 15.1. The van der Waals surface area contributed by atoms with E-state index in [0.717, 1.165) is 50.5 Å². The molecular formula is C15H22ClN3O2. The Hall–Kier alpha value is -1.30. The van der Waals surface area contributed by atoms with Crippen molar-refractivity contribution in [3.8, 4) is 0 Å². The van der Waals surface area contributed by atoms with Gasteiger partial charge < -0.3 is 15.4 Å². The molecule has 1 aromatic rings. The van der Waals surface area contributed by atoms with E-state index in [-0.39, 0.29) is 6.03 Å². The zero-order valence-electron chi connectivity index (χ0n) is 12.3. The monoisotopic (exact) mass is 311 g/mol. The zero-order valence-corrected chi connectivity index (χ0v) is 13.1. The third kappa shape index (κ3) is 5.19. The molecule has 1 aliphatic heterocycles. The molecule has 1 aromatic carbocycles. The summed E-state index contributed by atoms with van der Waals surface area (Å²) in [5.74, 6) is 0. The van der Waals surface area contributed by atoms with Crippen LogP contribution in [0.2, 0.25) is 5.02 Å². The molecule has 0 aliphatic carbocycles. The molecule has 0 radical (unpaired) electrons. The Kier molecular flexibility index (Phi) is 6.29. The van der Waals surface area contributed by atoms with E-state index in [4.69, 9.17) is 16.3 Å². The second kappa shape index (κ2) is 8.22. The van der Waals surface area contributed by atoms with Gasteiger partial charge >= 0.3 is 6.03 Å². The Balaban J connectivity index is 1.66. The van der Waals surface area contributed by atoms with Gasteiger partial charge in [0.1, 0.15) is 0 Å². The Morgan fingerprint density at radius 1 is 1.38 bits per heavy atom. The van der Waals surface area contributed by atoms with Gasteiger partial charge in [0.25, 0.3) is 0 Å². The van der Waals surface area contributed by atoms with Gasteiger partial charge in [0.2, 0.25) is 0 Å². The van der Waals surface area contributed by atoms with Gasteiger partial charge in [-0.15, -0.1) is 0 Å². The number of benzene rings is 1. The van der Waals surface area contributed by atoms with Crippen LogP contribution in [0.1, 0.15) is 12.0 Å². The molecule has 5 nitrogen and oxygen atoms in total. The Labute approximate surface area is 130 Å². The SMILES string of the molecule is Cc1c(Cl)cccc1NC(=O)NCCCN1CCOCC1. The number of halogens is 1. The fourth-order valence-corrected chi connectivity index (χ4v) is 2.41. The number of carbonyl (C=O) groups is 1. The summed E-state index contributed by atoms with van der Waals surface area (Å²) in [4.78, 5) is 14.2. The van der Waals surface area contributed by atoms with Crippen molar-refractivity contribution in [2.24, 2.45) is 0 Å². The minimum Gasteiger partial charge on any atom is -0.379 e. The fraction of sp³-hybridized carbons (Fsp3) is 0.533. The van der Waals surface area contributed by atoms with E-state index in [2.05, 4.69) is 15.5 Å². The van der Waals surface area contributed by atoms with Crippen molar-refractivity contribution >= 4 is 23.3 Å². The van der Waals surface area contributed by atoms with E-state index < -0.39 is 0 Å². The van der Waals surface area contributed by atoms with Gasteiger partial charge in [0, 0.05) is 30.3 Å². The molecule has 21 heavy (non-hydrogen) atoms. The van der Waals surface area contributed by atoms with Crippen molar-refractivity contribution in [3.05, 3.63) is 28.8 Å². The minimum atomic E-state index is -0.192. The van der Waals surface area contributed by atoms with Crippen LogP contribution in [0.25, 0.3) is 0 Å². The molecule has 1 aliphatic rings. The summed E-state index contributed by atoms with van der Waals surface area (Å²) in [5.41, 5.74) is 1.62.